The molecule has 2 aromatic carbocycles. The van der Waals surface area contributed by atoms with Gasteiger partial charge in [-0.2, -0.15) is 0 Å². The minimum Gasteiger partial charge on any atom is -0.465 e. The average Bonchev–Trinajstić information content (AvgIpc) is 2.88. The van der Waals surface area contributed by atoms with Gasteiger partial charge in [-0.1, -0.05) is 44.2 Å². The number of rotatable bonds is 8. The summed E-state index contributed by atoms with van der Waals surface area (Å²) in [6.45, 7) is 14.6. The zero-order valence-corrected chi connectivity index (χ0v) is 21.7. The van der Waals surface area contributed by atoms with E-state index in [0.29, 0.717) is 5.56 Å². The number of likely N-dealkylation sites (N-methyl/N-ethyl adjacent to an activating group) is 1. The van der Waals surface area contributed by atoms with Gasteiger partial charge in [-0.05, 0) is 63.7 Å². The molecular formula is C30H36N2O3. The van der Waals surface area contributed by atoms with Crippen molar-refractivity contribution in [3.63, 3.8) is 0 Å². The van der Waals surface area contributed by atoms with Crippen LogP contribution in [0.4, 0.5) is 5.69 Å². The van der Waals surface area contributed by atoms with Crippen LogP contribution in [0, 0.1) is 0 Å². The van der Waals surface area contributed by atoms with E-state index in [0.717, 1.165) is 65.6 Å². The van der Waals surface area contributed by atoms with Crippen LogP contribution in [0.1, 0.15) is 56.1 Å². The number of esters is 1. The third-order valence-corrected chi connectivity index (χ3v) is 7.18. The molecule has 0 spiro atoms. The van der Waals surface area contributed by atoms with Crippen molar-refractivity contribution in [3.05, 3.63) is 88.7 Å². The molecule has 0 aromatic heterocycles. The van der Waals surface area contributed by atoms with E-state index < -0.39 is 0 Å². The molecule has 1 atom stereocenters. The molecule has 0 radical (unpaired) electrons. The van der Waals surface area contributed by atoms with Crippen LogP contribution in [-0.4, -0.2) is 49.7 Å². The van der Waals surface area contributed by atoms with Gasteiger partial charge in [-0.15, -0.1) is 0 Å². The third kappa shape index (κ3) is 4.41. The van der Waals surface area contributed by atoms with E-state index in [1.165, 1.54) is 7.11 Å². The molecule has 1 heterocycles. The number of fused-ring (bicyclic) bond motifs is 2. The number of anilines is 1. The molecule has 1 unspecified atom stereocenters. The number of methoxy groups -OCH3 is 1. The van der Waals surface area contributed by atoms with Crippen molar-refractivity contribution in [1.29, 1.82) is 0 Å². The van der Waals surface area contributed by atoms with E-state index in [1.54, 1.807) is 0 Å². The summed E-state index contributed by atoms with van der Waals surface area (Å²) in [5.41, 5.74) is 5.19. The van der Waals surface area contributed by atoms with Crippen LogP contribution in [0.25, 0.3) is 5.57 Å². The monoisotopic (exact) mass is 472 g/mol. The van der Waals surface area contributed by atoms with Crippen LogP contribution in [0.5, 0.6) is 5.75 Å². The first-order valence-electron chi connectivity index (χ1n) is 12.6. The van der Waals surface area contributed by atoms with E-state index in [9.17, 15) is 4.79 Å². The number of benzene rings is 2. The van der Waals surface area contributed by atoms with Crippen LogP contribution < -0.4 is 9.64 Å². The van der Waals surface area contributed by atoms with Gasteiger partial charge in [0.25, 0.3) is 0 Å². The number of ether oxygens (including phenoxy) is 2. The molecule has 5 heteroatoms. The largest absolute Gasteiger partial charge is 0.465 e. The molecule has 5 nitrogen and oxygen atoms in total. The van der Waals surface area contributed by atoms with E-state index in [-0.39, 0.29) is 11.5 Å². The van der Waals surface area contributed by atoms with Crippen molar-refractivity contribution in [2.24, 2.45) is 0 Å². The van der Waals surface area contributed by atoms with Gasteiger partial charge in [-0.25, -0.2) is 4.79 Å². The third-order valence-electron chi connectivity index (χ3n) is 7.18. The summed E-state index contributed by atoms with van der Waals surface area (Å²) in [6, 6.07) is 14.0. The van der Waals surface area contributed by atoms with Gasteiger partial charge in [0.15, 0.2) is 0 Å². The van der Waals surface area contributed by atoms with Gasteiger partial charge in [0.05, 0.1) is 18.2 Å². The summed E-state index contributed by atoms with van der Waals surface area (Å²) in [4.78, 5) is 17.4. The fraction of sp³-hybridized carbons (Fsp3) is 0.367. The molecular weight excluding hydrogens is 436 g/mol. The molecule has 35 heavy (non-hydrogen) atoms. The van der Waals surface area contributed by atoms with Crippen molar-refractivity contribution in [2.75, 3.05) is 38.2 Å². The number of carbonyl (C=O) groups is 1. The van der Waals surface area contributed by atoms with Crippen molar-refractivity contribution in [2.45, 2.75) is 40.2 Å². The van der Waals surface area contributed by atoms with Crippen LogP contribution >= 0.6 is 0 Å². The van der Waals surface area contributed by atoms with E-state index >= 15 is 0 Å². The van der Waals surface area contributed by atoms with Crippen molar-refractivity contribution in [1.82, 2.24) is 4.90 Å². The summed E-state index contributed by atoms with van der Waals surface area (Å²) < 4.78 is 11.7. The number of nitrogens with zero attached hydrogens (tertiary/aromatic N) is 2. The maximum Gasteiger partial charge on any atom is 0.338 e. The smallest absolute Gasteiger partial charge is 0.338 e. The van der Waals surface area contributed by atoms with Gasteiger partial charge >= 0.3 is 5.97 Å². The van der Waals surface area contributed by atoms with Crippen LogP contribution in [-0.2, 0) is 4.74 Å². The lowest BCUT2D eigenvalue weighted by Crippen LogP contribution is -2.44. The summed E-state index contributed by atoms with van der Waals surface area (Å²) in [6.07, 6.45) is 6.60. The standard InChI is InChI=1S/C30H36N2O3/c1-7-31(8-2)21-15-16-24-26(19-21)35-27-20-30(5,32(9-3)10-4)18-17-25(27)28(24)22-13-11-12-14-23(22)29(33)34-6/h11-20H,7-10H2,1-6H3. The minimum absolute atomic E-state index is 0.261. The fourth-order valence-corrected chi connectivity index (χ4v) is 5.25. The highest BCUT2D eigenvalue weighted by atomic mass is 16.5. The molecule has 0 fully saturated rings. The lowest BCUT2D eigenvalue weighted by molar-refractivity contribution is 0.0600. The molecule has 0 N–H and O–H groups in total. The van der Waals surface area contributed by atoms with Gasteiger partial charge < -0.3 is 14.4 Å². The second kappa shape index (κ2) is 10.1. The van der Waals surface area contributed by atoms with E-state index in [2.05, 4.69) is 80.8 Å². The van der Waals surface area contributed by atoms with Gasteiger partial charge in [-0.3, -0.25) is 4.90 Å². The lowest BCUT2D eigenvalue weighted by atomic mass is 9.82. The Hall–Kier alpha value is -3.31. The quantitative estimate of drug-likeness (QED) is 0.436. The molecule has 0 saturated carbocycles. The number of carbonyl (C=O) groups excluding carboxylic acids is 1. The Kier molecular flexibility index (Phi) is 7.18. The highest BCUT2D eigenvalue weighted by Gasteiger charge is 2.35. The summed E-state index contributed by atoms with van der Waals surface area (Å²) in [5.74, 6) is 1.27. The number of hydrogen-bond donors (Lipinski definition) is 0. The molecule has 0 saturated heterocycles. The van der Waals surface area contributed by atoms with Crippen molar-refractivity contribution in [3.8, 4) is 5.75 Å². The molecule has 184 valence electrons. The SMILES string of the molecule is CCN(CC)c1ccc2c(c1)OC1=CC(C)(N(CC)CC)C=CC1=C2c1ccccc1C(=O)OC. The molecule has 1 aliphatic heterocycles. The van der Waals surface area contributed by atoms with E-state index in [1.807, 2.05) is 24.3 Å². The van der Waals surface area contributed by atoms with Gasteiger partial charge in [0.1, 0.15) is 11.5 Å². The van der Waals surface area contributed by atoms with Gasteiger partial charge in [0, 0.05) is 41.6 Å². The average molecular weight is 473 g/mol. The highest BCUT2D eigenvalue weighted by Crippen LogP contribution is 2.46. The molecule has 1 aliphatic carbocycles. The van der Waals surface area contributed by atoms with Crippen LogP contribution in [0.2, 0.25) is 0 Å². The Labute approximate surface area is 209 Å². The second-order valence-corrected chi connectivity index (χ2v) is 9.02. The second-order valence-electron chi connectivity index (χ2n) is 9.02. The Balaban J connectivity index is 1.97. The zero-order valence-electron chi connectivity index (χ0n) is 21.7. The van der Waals surface area contributed by atoms with Crippen LogP contribution in [0.3, 0.4) is 0 Å². The molecule has 2 aliphatic rings. The van der Waals surface area contributed by atoms with Gasteiger partial charge in [0.2, 0.25) is 0 Å². The fourth-order valence-electron chi connectivity index (χ4n) is 5.25. The Morgan fingerprint density at radius 2 is 1.69 bits per heavy atom. The summed E-state index contributed by atoms with van der Waals surface area (Å²) in [5, 5.41) is 0. The predicted molar refractivity (Wildman–Crippen MR) is 143 cm³/mol. The predicted octanol–water partition coefficient (Wildman–Crippen LogP) is 6.07. The molecule has 0 bridgehead atoms. The summed E-state index contributed by atoms with van der Waals surface area (Å²) >= 11 is 0. The summed E-state index contributed by atoms with van der Waals surface area (Å²) in [7, 11) is 1.42. The highest BCUT2D eigenvalue weighted by molar-refractivity contribution is 6.01. The number of allylic oxidation sites excluding steroid dienone is 1. The maximum absolute atomic E-state index is 12.7. The molecule has 4 rings (SSSR count). The molecule has 2 aromatic rings. The Bertz CT molecular complexity index is 1200. The van der Waals surface area contributed by atoms with Crippen molar-refractivity contribution >= 4 is 17.2 Å². The molecule has 0 amide bonds. The minimum atomic E-state index is -0.347. The van der Waals surface area contributed by atoms with Crippen LogP contribution in [0.15, 0.2) is 72.0 Å². The maximum atomic E-state index is 12.7. The zero-order chi connectivity index (χ0) is 25.2. The first-order chi connectivity index (χ1) is 16.9. The lowest BCUT2D eigenvalue weighted by Gasteiger charge is -2.39. The number of hydrogen-bond acceptors (Lipinski definition) is 5. The topological polar surface area (TPSA) is 42.0 Å². The van der Waals surface area contributed by atoms with E-state index in [4.69, 9.17) is 9.47 Å². The first-order valence-corrected chi connectivity index (χ1v) is 12.6. The van der Waals surface area contributed by atoms with Crippen molar-refractivity contribution < 1.29 is 14.3 Å². The normalized spacial score (nSPS) is 18.5. The first kappa shape index (κ1) is 24.8. The Morgan fingerprint density at radius 3 is 2.34 bits per heavy atom. The Morgan fingerprint density at radius 1 is 0.971 bits per heavy atom.